The van der Waals surface area contributed by atoms with E-state index >= 15 is 0 Å². The molecule has 1 unspecified atom stereocenters. The first-order chi connectivity index (χ1) is 19.3. The Kier molecular flexibility index (Phi) is 6.38. The van der Waals surface area contributed by atoms with Gasteiger partial charge in [-0.2, -0.15) is 0 Å². The Hall–Kier alpha value is -3.60. The fraction of sp³-hybridized carbons (Fsp3) is 0.412. The van der Waals surface area contributed by atoms with Gasteiger partial charge in [-0.25, -0.2) is 0 Å². The monoisotopic (exact) mass is 523 g/mol. The molecule has 0 bridgehead atoms. The van der Waals surface area contributed by atoms with Gasteiger partial charge >= 0.3 is 0 Å². The van der Waals surface area contributed by atoms with E-state index in [0.29, 0.717) is 12.7 Å². The number of methoxy groups -OCH3 is 2. The topological polar surface area (TPSA) is 40.2 Å². The standard InChI is InChI=1S/C34H37NO4/c1-36-28-16-15-25-26(14-8-11-22-9-4-3-5-10-22)33-27-20-30-29(38-21-39-30)19-24(27)17-18-35(33)32(23-12-6-7-13-23)31(25)34(28)37-2/h3-5,9-10,15-16,19-20,23,32H,6-8,11-14,17-18,21H2,1-2H3. The summed E-state index contributed by atoms with van der Waals surface area (Å²) in [6, 6.07) is 20.0. The average Bonchev–Trinajstić information content (AvgIpc) is 3.67. The van der Waals surface area contributed by atoms with Gasteiger partial charge in [-0.3, -0.25) is 0 Å². The zero-order valence-corrected chi connectivity index (χ0v) is 23.0. The highest BCUT2D eigenvalue weighted by Crippen LogP contribution is 2.57. The number of hydrogen-bond acceptors (Lipinski definition) is 5. The molecule has 1 atom stereocenters. The first kappa shape index (κ1) is 24.4. The van der Waals surface area contributed by atoms with Crippen molar-refractivity contribution in [2.45, 2.75) is 57.4 Å². The van der Waals surface area contributed by atoms with E-state index in [1.54, 1.807) is 14.2 Å². The Morgan fingerprint density at radius 3 is 2.44 bits per heavy atom. The van der Waals surface area contributed by atoms with Gasteiger partial charge in [0.25, 0.3) is 0 Å². The second kappa shape index (κ2) is 10.2. The smallest absolute Gasteiger partial charge is 0.231 e. The van der Waals surface area contributed by atoms with Crippen molar-refractivity contribution >= 4 is 11.3 Å². The van der Waals surface area contributed by atoms with Crippen molar-refractivity contribution in [2.75, 3.05) is 27.6 Å². The summed E-state index contributed by atoms with van der Waals surface area (Å²) in [6.07, 6.45) is 9.24. The molecule has 202 valence electrons. The molecule has 1 aliphatic carbocycles. The second-order valence-corrected chi connectivity index (χ2v) is 11.2. The molecule has 7 rings (SSSR count). The lowest BCUT2D eigenvalue weighted by Gasteiger charge is -2.48. The van der Waals surface area contributed by atoms with E-state index in [9.17, 15) is 0 Å². The van der Waals surface area contributed by atoms with Crippen LogP contribution in [-0.2, 0) is 12.8 Å². The lowest BCUT2D eigenvalue weighted by atomic mass is 9.76. The number of rotatable bonds is 7. The van der Waals surface area contributed by atoms with Crippen LogP contribution in [0.2, 0.25) is 0 Å². The molecule has 3 aromatic rings. The first-order valence-corrected chi connectivity index (χ1v) is 14.5. The number of benzene rings is 3. The first-order valence-electron chi connectivity index (χ1n) is 14.5. The Balaban J connectivity index is 1.42. The SMILES string of the molecule is COc1ccc2c(c1OC)C(C1CCCC1)N1CCc3cc4c(cc3C1=C2CCCc1ccccc1)OCO4. The molecule has 5 heteroatoms. The number of allylic oxidation sites excluding steroid dienone is 1. The van der Waals surface area contributed by atoms with Crippen LogP contribution in [0.5, 0.6) is 23.0 Å². The predicted octanol–water partition coefficient (Wildman–Crippen LogP) is 7.43. The molecule has 39 heavy (non-hydrogen) atoms. The van der Waals surface area contributed by atoms with Crippen molar-refractivity contribution in [3.8, 4) is 23.0 Å². The van der Waals surface area contributed by atoms with Crippen molar-refractivity contribution in [1.82, 2.24) is 4.90 Å². The molecule has 0 radical (unpaired) electrons. The minimum absolute atomic E-state index is 0.277. The van der Waals surface area contributed by atoms with Crippen LogP contribution >= 0.6 is 0 Å². The molecule has 0 spiro atoms. The van der Waals surface area contributed by atoms with Crippen LogP contribution in [0.4, 0.5) is 0 Å². The number of fused-ring (bicyclic) bond motifs is 5. The minimum atomic E-state index is 0.277. The van der Waals surface area contributed by atoms with E-state index in [-0.39, 0.29) is 6.04 Å². The molecule has 5 nitrogen and oxygen atoms in total. The quantitative estimate of drug-likeness (QED) is 0.322. The van der Waals surface area contributed by atoms with Crippen molar-refractivity contribution in [3.63, 3.8) is 0 Å². The highest BCUT2D eigenvalue weighted by Gasteiger charge is 2.43. The van der Waals surface area contributed by atoms with Crippen LogP contribution < -0.4 is 18.9 Å². The van der Waals surface area contributed by atoms with Gasteiger partial charge in [0.15, 0.2) is 23.0 Å². The van der Waals surface area contributed by atoms with E-state index in [1.165, 1.54) is 64.8 Å². The van der Waals surface area contributed by atoms with E-state index < -0.39 is 0 Å². The summed E-state index contributed by atoms with van der Waals surface area (Å²) in [5, 5.41) is 0. The summed E-state index contributed by atoms with van der Waals surface area (Å²) in [5.41, 5.74) is 9.51. The normalized spacial score (nSPS) is 19.5. The third-order valence-electron chi connectivity index (χ3n) is 9.17. The molecule has 3 heterocycles. The van der Waals surface area contributed by atoms with Gasteiger partial charge in [-0.15, -0.1) is 0 Å². The van der Waals surface area contributed by atoms with Gasteiger partial charge in [-0.1, -0.05) is 49.2 Å². The highest BCUT2D eigenvalue weighted by molar-refractivity contribution is 5.96. The third-order valence-corrected chi connectivity index (χ3v) is 9.17. The summed E-state index contributed by atoms with van der Waals surface area (Å²) in [5.74, 6) is 4.07. The Bertz CT molecular complexity index is 1410. The van der Waals surface area contributed by atoms with Crippen LogP contribution in [0, 0.1) is 5.92 Å². The van der Waals surface area contributed by atoms with Crippen molar-refractivity contribution in [1.29, 1.82) is 0 Å². The van der Waals surface area contributed by atoms with Crippen LogP contribution in [0.15, 0.2) is 54.6 Å². The van der Waals surface area contributed by atoms with E-state index in [0.717, 1.165) is 55.2 Å². The second-order valence-electron chi connectivity index (χ2n) is 11.2. The summed E-state index contributed by atoms with van der Waals surface area (Å²) >= 11 is 0. The maximum atomic E-state index is 6.15. The van der Waals surface area contributed by atoms with Crippen LogP contribution in [-0.4, -0.2) is 32.5 Å². The maximum absolute atomic E-state index is 6.15. The van der Waals surface area contributed by atoms with Crippen LogP contribution in [0.25, 0.3) is 11.3 Å². The summed E-state index contributed by atoms with van der Waals surface area (Å²) < 4.78 is 23.6. The van der Waals surface area contributed by atoms with Gasteiger partial charge in [0.2, 0.25) is 6.79 Å². The molecular weight excluding hydrogens is 486 g/mol. The van der Waals surface area contributed by atoms with E-state index in [4.69, 9.17) is 18.9 Å². The number of ether oxygens (including phenoxy) is 4. The van der Waals surface area contributed by atoms with Crippen LogP contribution in [0.1, 0.15) is 72.4 Å². The number of aryl methyl sites for hydroxylation is 1. The molecule has 4 aliphatic rings. The lowest BCUT2D eigenvalue weighted by Crippen LogP contribution is -2.40. The van der Waals surface area contributed by atoms with Gasteiger partial charge in [0, 0.05) is 23.4 Å². The van der Waals surface area contributed by atoms with Gasteiger partial charge in [0.1, 0.15) is 0 Å². The van der Waals surface area contributed by atoms with Crippen molar-refractivity contribution < 1.29 is 18.9 Å². The molecule has 3 aliphatic heterocycles. The Morgan fingerprint density at radius 2 is 1.67 bits per heavy atom. The van der Waals surface area contributed by atoms with Crippen molar-refractivity contribution in [2.24, 2.45) is 5.92 Å². The lowest BCUT2D eigenvalue weighted by molar-refractivity contribution is 0.174. The molecule has 0 N–H and O–H groups in total. The van der Waals surface area contributed by atoms with Crippen LogP contribution in [0.3, 0.4) is 0 Å². The fourth-order valence-electron chi connectivity index (χ4n) is 7.45. The summed E-state index contributed by atoms with van der Waals surface area (Å²) in [7, 11) is 3.55. The maximum Gasteiger partial charge on any atom is 0.231 e. The molecule has 1 fully saturated rings. The van der Waals surface area contributed by atoms with Gasteiger partial charge < -0.3 is 23.8 Å². The summed E-state index contributed by atoms with van der Waals surface area (Å²) in [6.45, 7) is 1.29. The largest absolute Gasteiger partial charge is 0.493 e. The molecule has 1 saturated carbocycles. The Morgan fingerprint density at radius 1 is 0.872 bits per heavy atom. The molecule has 3 aromatic carbocycles. The zero-order valence-electron chi connectivity index (χ0n) is 23.0. The Labute approximate surface area is 231 Å². The average molecular weight is 524 g/mol. The van der Waals surface area contributed by atoms with Gasteiger partial charge in [0.05, 0.1) is 20.3 Å². The fourth-order valence-corrected chi connectivity index (χ4v) is 7.45. The van der Waals surface area contributed by atoms with E-state index in [2.05, 4.69) is 59.5 Å². The summed E-state index contributed by atoms with van der Waals surface area (Å²) in [4.78, 5) is 2.72. The third kappa shape index (κ3) is 4.14. The highest BCUT2D eigenvalue weighted by atomic mass is 16.7. The minimum Gasteiger partial charge on any atom is -0.493 e. The van der Waals surface area contributed by atoms with Crippen molar-refractivity contribution in [3.05, 3.63) is 82.4 Å². The van der Waals surface area contributed by atoms with E-state index in [1.807, 2.05) is 0 Å². The number of nitrogens with zero attached hydrogens (tertiary/aromatic N) is 1. The molecular formula is C34H37NO4. The molecule has 0 amide bonds. The molecule has 0 aromatic heterocycles. The predicted molar refractivity (Wildman–Crippen MR) is 153 cm³/mol. The molecule has 0 saturated heterocycles. The zero-order chi connectivity index (χ0) is 26.3. The van der Waals surface area contributed by atoms with Gasteiger partial charge in [-0.05, 0) is 84.9 Å². The number of hydrogen-bond donors (Lipinski definition) is 0.